The van der Waals surface area contributed by atoms with E-state index in [4.69, 9.17) is 16.3 Å². The molecule has 0 saturated heterocycles. The molecule has 0 spiro atoms. The molecule has 1 rings (SSSR count). The zero-order valence-corrected chi connectivity index (χ0v) is 11.0. The van der Waals surface area contributed by atoms with Gasteiger partial charge in [0.1, 0.15) is 5.75 Å². The average molecular weight is 328 g/mol. The molecule has 0 unspecified atom stereocenters. The minimum atomic E-state index is 0.627. The lowest BCUT2D eigenvalue weighted by molar-refractivity contribution is 0.343. The van der Waals surface area contributed by atoms with Crippen molar-refractivity contribution in [2.24, 2.45) is 0 Å². The first-order chi connectivity index (χ1) is 6.15. The highest BCUT2D eigenvalue weighted by Crippen LogP contribution is 2.31. The molecule has 0 heterocycles. The van der Waals surface area contributed by atoms with Crippen LogP contribution in [-0.2, 0) is 0 Å². The van der Waals surface area contributed by atoms with Gasteiger partial charge in [-0.2, -0.15) is 0 Å². The number of hydrogen-bond acceptors (Lipinski definition) is 1. The predicted molar refractivity (Wildman–Crippen MR) is 63.2 cm³/mol. The largest absolute Gasteiger partial charge is 0.491 e. The van der Waals surface area contributed by atoms with E-state index in [1.54, 1.807) is 0 Å². The van der Waals surface area contributed by atoms with E-state index in [-0.39, 0.29) is 0 Å². The van der Waals surface area contributed by atoms with Gasteiger partial charge in [0.15, 0.2) is 0 Å². The van der Waals surface area contributed by atoms with E-state index in [0.29, 0.717) is 11.6 Å². The Kier molecular flexibility index (Phi) is 4.56. The minimum absolute atomic E-state index is 0.627. The summed E-state index contributed by atoms with van der Waals surface area (Å²) in [7, 11) is 0. The lowest BCUT2D eigenvalue weighted by Gasteiger charge is -2.09. The number of rotatable bonds is 3. The summed E-state index contributed by atoms with van der Waals surface area (Å²) in [6, 6.07) is 3.81. The van der Waals surface area contributed by atoms with Crippen molar-refractivity contribution in [2.75, 3.05) is 11.9 Å². The van der Waals surface area contributed by atoms with Crippen molar-refractivity contribution in [3.63, 3.8) is 0 Å². The monoisotopic (exact) mass is 326 g/mol. The summed E-state index contributed by atoms with van der Waals surface area (Å²) >= 11 is 12.7. The van der Waals surface area contributed by atoms with Crippen LogP contribution >= 0.6 is 43.5 Å². The van der Waals surface area contributed by atoms with Gasteiger partial charge >= 0.3 is 0 Å². The number of aryl methyl sites for hydroxylation is 1. The second-order valence-electron chi connectivity index (χ2n) is 2.57. The molecule has 0 atom stereocenters. The third-order valence-corrected chi connectivity index (χ3v) is 2.58. The van der Waals surface area contributed by atoms with Crippen molar-refractivity contribution < 1.29 is 4.74 Å². The minimum Gasteiger partial charge on any atom is -0.491 e. The molecular formula is C9H9Br2ClO. The van der Waals surface area contributed by atoms with E-state index in [0.717, 1.165) is 21.1 Å². The molecule has 0 aliphatic heterocycles. The summed E-state index contributed by atoms with van der Waals surface area (Å²) in [4.78, 5) is 0. The first-order valence-corrected chi connectivity index (χ1v) is 6.09. The van der Waals surface area contributed by atoms with Gasteiger partial charge in [-0.3, -0.25) is 0 Å². The fourth-order valence-electron chi connectivity index (χ4n) is 1.01. The summed E-state index contributed by atoms with van der Waals surface area (Å²) in [5.41, 5.74) is 1.04. The molecule has 0 bridgehead atoms. The average Bonchev–Trinajstić information content (AvgIpc) is 2.02. The number of benzene rings is 1. The molecule has 0 fully saturated rings. The van der Waals surface area contributed by atoms with Crippen LogP contribution in [0.5, 0.6) is 5.75 Å². The van der Waals surface area contributed by atoms with Crippen LogP contribution in [0.25, 0.3) is 0 Å². The Bertz CT molecular complexity index is 279. The molecule has 0 aliphatic carbocycles. The SMILES string of the molecule is Cc1cc(Br)cc(Cl)c1OCCBr. The van der Waals surface area contributed by atoms with Crippen LogP contribution in [0.15, 0.2) is 16.6 Å². The number of hydrogen-bond donors (Lipinski definition) is 0. The maximum atomic E-state index is 6.00. The molecule has 1 aromatic rings. The molecule has 0 saturated carbocycles. The molecule has 0 amide bonds. The first-order valence-electron chi connectivity index (χ1n) is 3.79. The topological polar surface area (TPSA) is 9.23 Å². The molecule has 4 heteroatoms. The van der Waals surface area contributed by atoms with Crippen LogP contribution in [0.3, 0.4) is 0 Å². The Morgan fingerprint density at radius 1 is 1.46 bits per heavy atom. The Labute approximate surface area is 99.7 Å². The molecular weight excluding hydrogens is 319 g/mol. The van der Waals surface area contributed by atoms with E-state index in [2.05, 4.69) is 31.9 Å². The molecule has 1 aromatic carbocycles. The Morgan fingerprint density at radius 3 is 2.69 bits per heavy atom. The maximum Gasteiger partial charge on any atom is 0.140 e. The van der Waals surface area contributed by atoms with Crippen molar-refractivity contribution in [1.82, 2.24) is 0 Å². The van der Waals surface area contributed by atoms with Crippen LogP contribution < -0.4 is 4.74 Å². The van der Waals surface area contributed by atoms with Gasteiger partial charge in [0.2, 0.25) is 0 Å². The molecule has 72 valence electrons. The second-order valence-corrected chi connectivity index (χ2v) is 4.69. The summed E-state index contributed by atoms with van der Waals surface area (Å²) in [5, 5.41) is 1.45. The van der Waals surface area contributed by atoms with Crippen LogP contribution in [0.1, 0.15) is 5.56 Å². The number of alkyl halides is 1. The van der Waals surface area contributed by atoms with Crippen molar-refractivity contribution >= 4 is 43.5 Å². The normalized spacial score (nSPS) is 10.2. The predicted octanol–water partition coefficient (Wildman–Crippen LogP) is 4.18. The van der Waals surface area contributed by atoms with E-state index in [9.17, 15) is 0 Å². The second kappa shape index (κ2) is 5.23. The third kappa shape index (κ3) is 3.15. The fourth-order valence-corrected chi connectivity index (χ4v) is 2.20. The maximum absolute atomic E-state index is 6.00. The quantitative estimate of drug-likeness (QED) is 0.756. The van der Waals surface area contributed by atoms with Crippen molar-refractivity contribution in [3.8, 4) is 5.75 Å². The molecule has 0 aromatic heterocycles. The Hall–Kier alpha value is 0.270. The van der Waals surface area contributed by atoms with Crippen LogP contribution in [0, 0.1) is 6.92 Å². The molecule has 0 aliphatic rings. The van der Waals surface area contributed by atoms with Gasteiger partial charge in [-0.25, -0.2) is 0 Å². The summed E-state index contributed by atoms with van der Waals surface area (Å²) in [6.45, 7) is 2.60. The highest BCUT2D eigenvalue weighted by atomic mass is 79.9. The zero-order valence-electron chi connectivity index (χ0n) is 7.11. The molecule has 0 N–H and O–H groups in total. The van der Waals surface area contributed by atoms with E-state index >= 15 is 0 Å². The van der Waals surface area contributed by atoms with Gasteiger partial charge in [0.05, 0.1) is 11.6 Å². The Morgan fingerprint density at radius 2 is 2.15 bits per heavy atom. The molecule has 1 nitrogen and oxygen atoms in total. The molecule has 13 heavy (non-hydrogen) atoms. The number of halogens is 3. The summed E-state index contributed by atoms with van der Waals surface area (Å²) in [5.74, 6) is 0.768. The smallest absolute Gasteiger partial charge is 0.140 e. The summed E-state index contributed by atoms with van der Waals surface area (Å²) in [6.07, 6.45) is 0. The van der Waals surface area contributed by atoms with Crippen molar-refractivity contribution in [1.29, 1.82) is 0 Å². The van der Waals surface area contributed by atoms with Gasteiger partial charge in [-0.05, 0) is 24.6 Å². The van der Waals surface area contributed by atoms with Gasteiger partial charge in [0, 0.05) is 9.80 Å². The zero-order chi connectivity index (χ0) is 9.84. The van der Waals surface area contributed by atoms with E-state index < -0.39 is 0 Å². The Balaban J connectivity index is 2.92. The number of ether oxygens (including phenoxy) is 1. The van der Waals surface area contributed by atoms with Crippen LogP contribution in [0.2, 0.25) is 5.02 Å². The first kappa shape index (κ1) is 11.3. The standard InChI is InChI=1S/C9H9Br2ClO/c1-6-4-7(11)5-8(12)9(6)13-3-2-10/h4-5H,2-3H2,1H3. The lowest BCUT2D eigenvalue weighted by atomic mass is 10.2. The molecule has 0 radical (unpaired) electrons. The lowest BCUT2D eigenvalue weighted by Crippen LogP contribution is -1.99. The summed E-state index contributed by atoms with van der Waals surface area (Å²) < 4.78 is 6.45. The van der Waals surface area contributed by atoms with Crippen molar-refractivity contribution in [2.45, 2.75) is 6.92 Å². The van der Waals surface area contributed by atoms with Crippen molar-refractivity contribution in [3.05, 3.63) is 27.2 Å². The highest BCUT2D eigenvalue weighted by molar-refractivity contribution is 9.10. The van der Waals surface area contributed by atoms with Gasteiger partial charge in [-0.1, -0.05) is 43.5 Å². The van der Waals surface area contributed by atoms with E-state index in [1.165, 1.54) is 0 Å². The van der Waals surface area contributed by atoms with E-state index in [1.807, 2.05) is 19.1 Å². The van der Waals surface area contributed by atoms with Crippen LogP contribution in [0.4, 0.5) is 0 Å². The van der Waals surface area contributed by atoms with Crippen LogP contribution in [-0.4, -0.2) is 11.9 Å². The third-order valence-electron chi connectivity index (χ3n) is 1.52. The highest BCUT2D eigenvalue weighted by Gasteiger charge is 2.06. The van der Waals surface area contributed by atoms with Gasteiger partial charge < -0.3 is 4.74 Å². The fraction of sp³-hybridized carbons (Fsp3) is 0.333. The van der Waals surface area contributed by atoms with Gasteiger partial charge in [-0.15, -0.1) is 0 Å². The van der Waals surface area contributed by atoms with Gasteiger partial charge in [0.25, 0.3) is 0 Å².